The normalized spacial score (nSPS) is 19.8. The van der Waals surface area contributed by atoms with E-state index in [1.54, 1.807) is 30.1 Å². The minimum absolute atomic E-state index is 0.0405. The average molecular weight is 356 g/mol. The molecule has 1 saturated heterocycles. The number of nitrogens with one attached hydrogen (secondary N) is 2. The fourth-order valence-electron chi connectivity index (χ4n) is 3.29. The molecule has 7 nitrogen and oxygen atoms in total. The first kappa shape index (κ1) is 18.1. The van der Waals surface area contributed by atoms with Gasteiger partial charge in [0, 0.05) is 39.0 Å². The molecule has 1 aliphatic rings. The maximum absolute atomic E-state index is 12.8. The highest BCUT2D eigenvalue weighted by Crippen LogP contribution is 2.33. The van der Waals surface area contributed by atoms with Crippen molar-refractivity contribution in [2.45, 2.75) is 25.5 Å². The second-order valence-corrected chi connectivity index (χ2v) is 6.42. The Morgan fingerprint density at radius 1 is 1.35 bits per heavy atom. The molecule has 3 rings (SSSR count). The van der Waals surface area contributed by atoms with Crippen LogP contribution in [-0.4, -0.2) is 35.2 Å². The van der Waals surface area contributed by atoms with E-state index < -0.39 is 0 Å². The van der Waals surface area contributed by atoms with Gasteiger partial charge < -0.3 is 15.4 Å². The lowest BCUT2D eigenvalue weighted by molar-refractivity contribution is -0.135. The van der Waals surface area contributed by atoms with E-state index in [0.717, 1.165) is 24.1 Å². The van der Waals surface area contributed by atoms with Crippen molar-refractivity contribution in [1.82, 2.24) is 20.4 Å². The molecule has 0 radical (unpaired) electrons. The van der Waals surface area contributed by atoms with Crippen molar-refractivity contribution in [1.29, 1.82) is 0 Å². The monoisotopic (exact) mass is 356 g/mol. The number of aryl methyl sites for hydroxylation is 1. The summed E-state index contributed by atoms with van der Waals surface area (Å²) >= 11 is 0. The molecule has 2 aromatic rings. The molecule has 0 spiro atoms. The molecule has 1 aromatic heterocycles. The van der Waals surface area contributed by atoms with Crippen molar-refractivity contribution in [3.05, 3.63) is 53.3 Å². The predicted molar refractivity (Wildman–Crippen MR) is 96.3 cm³/mol. The van der Waals surface area contributed by atoms with Crippen molar-refractivity contribution in [3.63, 3.8) is 0 Å². The van der Waals surface area contributed by atoms with Gasteiger partial charge in [0.1, 0.15) is 6.10 Å². The van der Waals surface area contributed by atoms with Gasteiger partial charge in [-0.2, -0.15) is 5.10 Å². The molecule has 1 aliphatic heterocycles. The summed E-state index contributed by atoms with van der Waals surface area (Å²) in [6, 6.07) is 9.13. The number of hydrogen-bond donors (Lipinski definition) is 2. The lowest BCUT2D eigenvalue weighted by atomic mass is 9.91. The fraction of sp³-hybridized carbons (Fsp3) is 0.421. The summed E-state index contributed by atoms with van der Waals surface area (Å²) in [7, 11) is 3.45. The highest BCUT2D eigenvalue weighted by Gasteiger charge is 2.34. The average Bonchev–Trinajstić information content (AvgIpc) is 3.11. The Labute approximate surface area is 152 Å². The second kappa shape index (κ2) is 8.14. The van der Waals surface area contributed by atoms with E-state index in [4.69, 9.17) is 4.74 Å². The molecular formula is C19H24N4O3. The van der Waals surface area contributed by atoms with Crippen LogP contribution < -0.4 is 10.6 Å². The number of carbonyl (C=O) groups is 2. The van der Waals surface area contributed by atoms with Crippen molar-refractivity contribution in [2.75, 3.05) is 13.7 Å². The first-order chi connectivity index (χ1) is 12.6. The Kier molecular flexibility index (Phi) is 5.68. The molecule has 2 amide bonds. The van der Waals surface area contributed by atoms with Crippen LogP contribution in [0.4, 0.5) is 0 Å². The Balaban J connectivity index is 1.67. The minimum Gasteiger partial charge on any atom is -0.371 e. The number of benzene rings is 1. The number of aromatic nitrogens is 2. The number of ether oxygens (including phenoxy) is 1. The van der Waals surface area contributed by atoms with Crippen LogP contribution in [0.15, 0.2) is 36.5 Å². The van der Waals surface area contributed by atoms with E-state index in [2.05, 4.69) is 15.7 Å². The molecular weight excluding hydrogens is 332 g/mol. The van der Waals surface area contributed by atoms with Gasteiger partial charge in [-0.1, -0.05) is 12.1 Å². The summed E-state index contributed by atoms with van der Waals surface area (Å²) in [4.78, 5) is 24.5. The Hall–Kier alpha value is -2.67. The Morgan fingerprint density at radius 3 is 2.92 bits per heavy atom. The zero-order valence-electron chi connectivity index (χ0n) is 15.1. The largest absolute Gasteiger partial charge is 0.371 e. The summed E-state index contributed by atoms with van der Waals surface area (Å²) in [5, 5.41) is 9.77. The molecule has 0 bridgehead atoms. The maximum atomic E-state index is 12.8. The highest BCUT2D eigenvalue weighted by atomic mass is 16.5. The van der Waals surface area contributed by atoms with E-state index in [9.17, 15) is 9.59 Å². The van der Waals surface area contributed by atoms with Gasteiger partial charge in [0.25, 0.3) is 5.91 Å². The van der Waals surface area contributed by atoms with Gasteiger partial charge in [-0.15, -0.1) is 0 Å². The summed E-state index contributed by atoms with van der Waals surface area (Å²) < 4.78 is 7.63. The van der Waals surface area contributed by atoms with E-state index >= 15 is 0 Å². The first-order valence-electron chi connectivity index (χ1n) is 8.78. The molecule has 1 aromatic carbocycles. The smallest absolute Gasteiger partial charge is 0.251 e. The van der Waals surface area contributed by atoms with Gasteiger partial charge in [-0.05, 0) is 36.6 Å². The summed E-state index contributed by atoms with van der Waals surface area (Å²) in [5.74, 6) is -0.433. The molecule has 0 unspecified atom stereocenters. The van der Waals surface area contributed by atoms with Crippen LogP contribution in [0.5, 0.6) is 0 Å². The lowest BCUT2D eigenvalue weighted by Gasteiger charge is -2.30. The molecule has 0 saturated carbocycles. The summed E-state index contributed by atoms with van der Waals surface area (Å²) in [6.07, 6.45) is 3.07. The number of amides is 2. The topological polar surface area (TPSA) is 85.2 Å². The van der Waals surface area contributed by atoms with E-state index in [1.807, 2.05) is 25.2 Å². The third kappa shape index (κ3) is 3.94. The molecule has 2 N–H and O–H groups in total. The maximum Gasteiger partial charge on any atom is 0.251 e. The van der Waals surface area contributed by atoms with Crippen LogP contribution in [0, 0.1) is 5.92 Å². The predicted octanol–water partition coefficient (Wildman–Crippen LogP) is 1.56. The van der Waals surface area contributed by atoms with Crippen LogP contribution in [-0.2, 0) is 23.1 Å². The lowest BCUT2D eigenvalue weighted by Crippen LogP contribution is -2.38. The SMILES string of the molecule is CNC(=O)c1cccc(CNC(=O)[C@@H]2CCCO[C@H]2c2ccnn2C)c1. The molecule has 0 aliphatic carbocycles. The van der Waals surface area contributed by atoms with Gasteiger partial charge in [-0.3, -0.25) is 14.3 Å². The molecule has 1 fully saturated rings. The zero-order chi connectivity index (χ0) is 18.5. The second-order valence-electron chi connectivity index (χ2n) is 6.42. The van der Waals surface area contributed by atoms with Gasteiger partial charge in [-0.25, -0.2) is 0 Å². The Bertz CT molecular complexity index is 787. The first-order valence-corrected chi connectivity index (χ1v) is 8.78. The van der Waals surface area contributed by atoms with Gasteiger partial charge in [0.05, 0.1) is 11.6 Å². The number of rotatable bonds is 5. The number of hydrogen-bond acceptors (Lipinski definition) is 4. The van der Waals surface area contributed by atoms with Crippen molar-refractivity contribution >= 4 is 11.8 Å². The van der Waals surface area contributed by atoms with Crippen LogP contribution in [0.2, 0.25) is 0 Å². The van der Waals surface area contributed by atoms with E-state index in [1.165, 1.54) is 0 Å². The van der Waals surface area contributed by atoms with E-state index in [-0.39, 0.29) is 23.8 Å². The fourth-order valence-corrected chi connectivity index (χ4v) is 3.29. The third-order valence-corrected chi connectivity index (χ3v) is 4.69. The van der Waals surface area contributed by atoms with Crippen LogP contribution in [0.25, 0.3) is 0 Å². The zero-order valence-corrected chi connectivity index (χ0v) is 15.1. The quantitative estimate of drug-likeness (QED) is 0.851. The molecule has 7 heteroatoms. The third-order valence-electron chi connectivity index (χ3n) is 4.69. The number of carbonyl (C=O) groups excluding carboxylic acids is 2. The summed E-state index contributed by atoms with van der Waals surface area (Å²) in [5.41, 5.74) is 2.37. The van der Waals surface area contributed by atoms with Crippen LogP contribution in [0.1, 0.15) is 40.6 Å². The molecule has 2 heterocycles. The van der Waals surface area contributed by atoms with Crippen molar-refractivity contribution < 1.29 is 14.3 Å². The van der Waals surface area contributed by atoms with Gasteiger partial charge >= 0.3 is 0 Å². The van der Waals surface area contributed by atoms with E-state index in [0.29, 0.717) is 18.7 Å². The summed E-state index contributed by atoms with van der Waals surface area (Å²) in [6.45, 7) is 1.02. The highest BCUT2D eigenvalue weighted by molar-refractivity contribution is 5.94. The van der Waals surface area contributed by atoms with Crippen LogP contribution >= 0.6 is 0 Å². The molecule has 2 atom stereocenters. The van der Waals surface area contributed by atoms with Gasteiger partial charge in [0.15, 0.2) is 0 Å². The number of nitrogens with zero attached hydrogens (tertiary/aromatic N) is 2. The van der Waals surface area contributed by atoms with Crippen LogP contribution in [0.3, 0.4) is 0 Å². The molecule has 138 valence electrons. The Morgan fingerprint density at radius 2 is 2.19 bits per heavy atom. The van der Waals surface area contributed by atoms with Crippen molar-refractivity contribution in [3.8, 4) is 0 Å². The minimum atomic E-state index is -0.284. The van der Waals surface area contributed by atoms with Gasteiger partial charge in [0.2, 0.25) is 5.91 Å². The van der Waals surface area contributed by atoms with Crippen molar-refractivity contribution in [2.24, 2.45) is 13.0 Å². The standard InChI is InChI=1S/C19H24N4O3/c1-20-18(24)14-6-3-5-13(11-14)12-21-19(25)15-7-4-10-26-17(15)16-8-9-22-23(16)2/h3,5-6,8-9,11,15,17H,4,7,10,12H2,1-2H3,(H,20,24)(H,21,25)/t15-,17-/m1/s1. The molecule has 26 heavy (non-hydrogen) atoms.